The maximum absolute atomic E-state index is 12.9. The average Bonchev–Trinajstić information content (AvgIpc) is 3.41. The molecule has 0 radical (unpaired) electrons. The fourth-order valence-corrected chi connectivity index (χ4v) is 3.92. The number of rotatable bonds is 7. The van der Waals surface area contributed by atoms with E-state index in [1.54, 1.807) is 7.11 Å². The number of aromatic nitrogens is 3. The molecule has 1 aromatic carbocycles. The molecule has 4 rings (SSSR count). The number of amides is 1. The smallest absolute Gasteiger partial charge is 0.259 e. The van der Waals surface area contributed by atoms with Gasteiger partial charge in [-0.2, -0.15) is 5.10 Å². The predicted octanol–water partition coefficient (Wildman–Crippen LogP) is 3.42. The quantitative estimate of drug-likeness (QED) is 0.658. The number of aromatic amines is 1. The van der Waals surface area contributed by atoms with E-state index in [1.165, 1.54) is 25.9 Å². The van der Waals surface area contributed by atoms with Crippen molar-refractivity contribution in [1.82, 2.24) is 19.7 Å². The van der Waals surface area contributed by atoms with Gasteiger partial charge >= 0.3 is 0 Å². The number of hydrogen-bond acceptors (Lipinski definition) is 4. The first-order valence-electron chi connectivity index (χ1n) is 9.87. The molecule has 0 spiro atoms. The molecule has 2 aromatic heterocycles. The Hall–Kier alpha value is -2.80. The van der Waals surface area contributed by atoms with E-state index in [-0.39, 0.29) is 5.91 Å². The third-order valence-electron chi connectivity index (χ3n) is 5.36. The normalized spacial score (nSPS) is 14.6. The van der Waals surface area contributed by atoms with Crippen LogP contribution in [0.15, 0.2) is 30.5 Å². The van der Waals surface area contributed by atoms with Crippen molar-refractivity contribution in [3.63, 3.8) is 0 Å². The highest BCUT2D eigenvalue weighted by Gasteiger charge is 2.18. The molecule has 3 heterocycles. The summed E-state index contributed by atoms with van der Waals surface area (Å²) in [5.41, 5.74) is 2.36. The number of carbonyl (C=O) groups excluding carboxylic acids is 1. The van der Waals surface area contributed by atoms with E-state index >= 15 is 0 Å². The van der Waals surface area contributed by atoms with Gasteiger partial charge in [0.2, 0.25) is 0 Å². The van der Waals surface area contributed by atoms with E-state index in [4.69, 9.17) is 4.74 Å². The fraction of sp³-hybridized carbons (Fsp3) is 0.429. The summed E-state index contributed by atoms with van der Waals surface area (Å²) in [6.45, 7) is 6.30. The largest absolute Gasteiger partial charge is 0.497 e. The molecule has 0 bridgehead atoms. The van der Waals surface area contributed by atoms with Gasteiger partial charge < -0.3 is 19.9 Å². The molecular weight excluding hydrogens is 354 g/mol. The van der Waals surface area contributed by atoms with Crippen LogP contribution in [0.2, 0.25) is 0 Å². The molecule has 3 aromatic rings. The molecule has 1 aliphatic heterocycles. The molecule has 1 saturated heterocycles. The molecule has 2 N–H and O–H groups in total. The van der Waals surface area contributed by atoms with Crippen LogP contribution < -0.4 is 10.1 Å². The Morgan fingerprint density at radius 1 is 1.25 bits per heavy atom. The monoisotopic (exact) mass is 381 g/mol. The summed E-state index contributed by atoms with van der Waals surface area (Å²) in [6, 6.07) is 7.53. The molecule has 1 aliphatic rings. The highest BCUT2D eigenvalue weighted by atomic mass is 16.5. The number of nitrogens with one attached hydrogen (secondary N) is 2. The van der Waals surface area contributed by atoms with E-state index < -0.39 is 0 Å². The number of fused-ring (bicyclic) bond motifs is 1. The molecule has 148 valence electrons. The minimum Gasteiger partial charge on any atom is -0.497 e. The number of methoxy groups -OCH3 is 1. The van der Waals surface area contributed by atoms with Crippen LogP contribution in [0.3, 0.4) is 0 Å². The second-order valence-corrected chi connectivity index (χ2v) is 7.36. The van der Waals surface area contributed by atoms with Crippen LogP contribution in [-0.4, -0.2) is 52.3 Å². The van der Waals surface area contributed by atoms with Gasteiger partial charge in [0, 0.05) is 35.4 Å². The number of anilines is 1. The Bertz CT molecular complexity index is 968. The summed E-state index contributed by atoms with van der Waals surface area (Å²) >= 11 is 0. The van der Waals surface area contributed by atoms with Gasteiger partial charge in [0.05, 0.1) is 12.7 Å². The zero-order valence-electron chi connectivity index (χ0n) is 16.5. The molecule has 0 saturated carbocycles. The molecule has 1 fully saturated rings. The van der Waals surface area contributed by atoms with Crippen LogP contribution in [0.25, 0.3) is 10.9 Å². The third-order valence-corrected chi connectivity index (χ3v) is 5.36. The van der Waals surface area contributed by atoms with Crippen molar-refractivity contribution in [2.24, 2.45) is 0 Å². The van der Waals surface area contributed by atoms with Gasteiger partial charge in [-0.3, -0.25) is 9.48 Å². The molecule has 0 aliphatic carbocycles. The molecule has 7 nitrogen and oxygen atoms in total. The van der Waals surface area contributed by atoms with Crippen molar-refractivity contribution in [3.05, 3.63) is 41.7 Å². The number of nitrogens with zero attached hydrogens (tertiary/aromatic N) is 3. The van der Waals surface area contributed by atoms with Gasteiger partial charge in [-0.05, 0) is 64.0 Å². The first kappa shape index (κ1) is 18.6. The Morgan fingerprint density at radius 2 is 2.07 bits per heavy atom. The number of aryl methyl sites for hydroxylation is 2. The molecule has 0 unspecified atom stereocenters. The van der Waals surface area contributed by atoms with Crippen molar-refractivity contribution < 1.29 is 9.53 Å². The van der Waals surface area contributed by atoms with Crippen LogP contribution in [0.1, 0.15) is 35.3 Å². The van der Waals surface area contributed by atoms with E-state index in [1.807, 2.05) is 42.1 Å². The van der Waals surface area contributed by atoms with Crippen LogP contribution in [0, 0.1) is 6.92 Å². The van der Waals surface area contributed by atoms with E-state index in [0.717, 1.165) is 41.9 Å². The first-order valence-corrected chi connectivity index (χ1v) is 9.87. The first-order chi connectivity index (χ1) is 13.6. The van der Waals surface area contributed by atoms with Gasteiger partial charge in [-0.15, -0.1) is 0 Å². The Balaban J connectivity index is 1.42. The standard InChI is InChI=1S/C21H27N5O2/c1-15-20(17-14-16(28-2)6-7-18(17)22-15)21(27)23-19-8-13-26(24-19)12-5-11-25-9-3-4-10-25/h6-8,13-14,22H,3-5,9-12H2,1-2H3,(H,23,24,27). The van der Waals surface area contributed by atoms with Crippen LogP contribution >= 0.6 is 0 Å². The number of carbonyl (C=O) groups is 1. The highest BCUT2D eigenvalue weighted by molar-refractivity contribution is 6.13. The van der Waals surface area contributed by atoms with Crippen molar-refractivity contribution in [2.75, 3.05) is 32.1 Å². The number of likely N-dealkylation sites (tertiary alicyclic amines) is 1. The lowest BCUT2D eigenvalue weighted by Crippen LogP contribution is -2.21. The maximum Gasteiger partial charge on any atom is 0.259 e. The van der Waals surface area contributed by atoms with E-state index in [9.17, 15) is 4.79 Å². The fourth-order valence-electron chi connectivity index (χ4n) is 3.92. The van der Waals surface area contributed by atoms with Crippen molar-refractivity contribution in [3.8, 4) is 5.75 Å². The molecule has 7 heteroatoms. The number of H-pyrrole nitrogens is 1. The summed E-state index contributed by atoms with van der Waals surface area (Å²) in [4.78, 5) is 18.6. The zero-order valence-corrected chi connectivity index (χ0v) is 16.5. The third kappa shape index (κ3) is 3.89. The molecule has 28 heavy (non-hydrogen) atoms. The van der Waals surface area contributed by atoms with Gasteiger partial charge in [-0.25, -0.2) is 0 Å². The maximum atomic E-state index is 12.9. The summed E-state index contributed by atoms with van der Waals surface area (Å²) in [5, 5.41) is 8.27. The molecule has 0 atom stereocenters. The zero-order chi connectivity index (χ0) is 19.5. The Kier molecular flexibility index (Phi) is 5.34. The van der Waals surface area contributed by atoms with Gasteiger partial charge in [0.25, 0.3) is 5.91 Å². The SMILES string of the molecule is COc1ccc2[nH]c(C)c(C(=O)Nc3ccn(CCCN4CCCC4)n3)c2c1. The van der Waals surface area contributed by atoms with Crippen LogP contribution in [-0.2, 0) is 6.54 Å². The number of hydrogen-bond donors (Lipinski definition) is 2. The number of ether oxygens (including phenoxy) is 1. The summed E-state index contributed by atoms with van der Waals surface area (Å²) in [7, 11) is 1.62. The van der Waals surface area contributed by atoms with Gasteiger partial charge in [0.15, 0.2) is 5.82 Å². The number of benzene rings is 1. The van der Waals surface area contributed by atoms with Gasteiger partial charge in [0.1, 0.15) is 5.75 Å². The Labute approximate surface area is 164 Å². The minimum atomic E-state index is -0.167. The average molecular weight is 381 g/mol. The van der Waals surface area contributed by atoms with Crippen molar-refractivity contribution in [1.29, 1.82) is 0 Å². The van der Waals surface area contributed by atoms with E-state index in [2.05, 4.69) is 20.3 Å². The molecular formula is C21H27N5O2. The van der Waals surface area contributed by atoms with Crippen LogP contribution in [0.4, 0.5) is 5.82 Å². The second kappa shape index (κ2) is 8.06. The topological polar surface area (TPSA) is 75.2 Å². The summed E-state index contributed by atoms with van der Waals surface area (Å²) in [6.07, 6.45) is 5.62. The van der Waals surface area contributed by atoms with Crippen molar-refractivity contribution >= 4 is 22.6 Å². The van der Waals surface area contributed by atoms with E-state index in [0.29, 0.717) is 11.4 Å². The van der Waals surface area contributed by atoms with Gasteiger partial charge in [-0.1, -0.05) is 0 Å². The summed E-state index contributed by atoms with van der Waals surface area (Å²) < 4.78 is 7.20. The lowest BCUT2D eigenvalue weighted by molar-refractivity contribution is 0.102. The lowest BCUT2D eigenvalue weighted by Gasteiger charge is -2.13. The highest BCUT2D eigenvalue weighted by Crippen LogP contribution is 2.27. The molecule has 1 amide bonds. The second-order valence-electron chi connectivity index (χ2n) is 7.36. The minimum absolute atomic E-state index is 0.167. The lowest BCUT2D eigenvalue weighted by atomic mass is 10.1. The predicted molar refractivity (Wildman–Crippen MR) is 110 cm³/mol. The van der Waals surface area contributed by atoms with Crippen LogP contribution in [0.5, 0.6) is 5.75 Å². The Morgan fingerprint density at radius 3 is 2.86 bits per heavy atom. The summed E-state index contributed by atoms with van der Waals surface area (Å²) in [5.74, 6) is 1.13. The van der Waals surface area contributed by atoms with Crippen molar-refractivity contribution in [2.45, 2.75) is 32.7 Å².